The van der Waals surface area contributed by atoms with Gasteiger partial charge in [-0.25, -0.2) is 4.98 Å². The first-order chi connectivity index (χ1) is 9.58. The second-order valence-corrected chi connectivity index (χ2v) is 5.39. The molecule has 1 aliphatic rings. The highest BCUT2D eigenvalue weighted by Gasteiger charge is 2.44. The molecule has 0 unspecified atom stereocenters. The number of rotatable bonds is 2. The average molecular weight is 271 g/mol. The number of hydrogen-bond acceptors (Lipinski definition) is 4. The van der Waals surface area contributed by atoms with Gasteiger partial charge in [0, 0.05) is 17.8 Å². The van der Waals surface area contributed by atoms with Gasteiger partial charge in [0.2, 0.25) is 5.88 Å². The van der Waals surface area contributed by atoms with E-state index < -0.39 is 17.8 Å². The maximum atomic E-state index is 10.5. The summed E-state index contributed by atoms with van der Waals surface area (Å²) in [6, 6.07) is 13.1. The van der Waals surface area contributed by atoms with E-state index in [2.05, 4.69) is 4.98 Å². The van der Waals surface area contributed by atoms with Crippen LogP contribution in [-0.4, -0.2) is 21.8 Å². The van der Waals surface area contributed by atoms with Crippen LogP contribution in [-0.2, 0) is 0 Å². The molecule has 0 saturated heterocycles. The Bertz CT molecular complexity index is 598. The number of hydrogen-bond donors (Lipinski definition) is 1. The molecule has 0 spiro atoms. The maximum Gasteiger partial charge on any atom is 0.213 e. The molecule has 1 aromatic heterocycles. The normalized spacial score (nSPS) is 23.6. The third-order valence-electron chi connectivity index (χ3n) is 3.48. The fourth-order valence-electron chi connectivity index (χ4n) is 2.36. The average Bonchev–Trinajstić information content (AvgIpc) is 2.44. The Morgan fingerprint density at radius 1 is 1.15 bits per heavy atom. The van der Waals surface area contributed by atoms with Crippen molar-refractivity contribution in [1.29, 1.82) is 0 Å². The minimum atomic E-state index is -0.778. The summed E-state index contributed by atoms with van der Waals surface area (Å²) in [5, 5.41) is 10.5. The minimum Gasteiger partial charge on any atom is -0.485 e. The molecule has 0 aliphatic carbocycles. The summed E-state index contributed by atoms with van der Waals surface area (Å²) < 4.78 is 11.7. The number of pyridine rings is 1. The molecule has 3 rings (SSSR count). The number of aliphatic hydroxyl groups excluding tert-OH is 1. The monoisotopic (exact) mass is 271 g/mol. The molecule has 2 heterocycles. The van der Waals surface area contributed by atoms with Gasteiger partial charge in [0.25, 0.3) is 0 Å². The number of benzene rings is 1. The van der Waals surface area contributed by atoms with Gasteiger partial charge < -0.3 is 14.6 Å². The van der Waals surface area contributed by atoms with Crippen LogP contribution >= 0.6 is 0 Å². The van der Waals surface area contributed by atoms with Gasteiger partial charge in [-0.05, 0) is 26.0 Å². The zero-order valence-corrected chi connectivity index (χ0v) is 11.5. The van der Waals surface area contributed by atoms with Crippen LogP contribution in [0.3, 0.4) is 0 Å². The Labute approximate surface area is 118 Å². The summed E-state index contributed by atoms with van der Waals surface area (Å²) in [4.78, 5) is 4.15. The number of fused-ring (bicyclic) bond motifs is 1. The molecule has 0 fully saturated rings. The first-order valence-electron chi connectivity index (χ1n) is 6.61. The molecule has 0 saturated carbocycles. The van der Waals surface area contributed by atoms with Gasteiger partial charge in [-0.3, -0.25) is 0 Å². The Hall–Kier alpha value is -2.07. The molecule has 4 heteroatoms. The zero-order valence-electron chi connectivity index (χ0n) is 11.5. The lowest BCUT2D eigenvalue weighted by atomic mass is 9.88. The highest BCUT2D eigenvalue weighted by Crippen LogP contribution is 2.41. The fraction of sp³-hybridized carbons (Fsp3) is 0.312. The van der Waals surface area contributed by atoms with Gasteiger partial charge in [-0.1, -0.05) is 24.3 Å². The van der Waals surface area contributed by atoms with Crippen molar-refractivity contribution in [3.05, 3.63) is 54.2 Å². The molecule has 4 nitrogen and oxygen atoms in total. The van der Waals surface area contributed by atoms with E-state index in [-0.39, 0.29) is 0 Å². The van der Waals surface area contributed by atoms with Crippen LogP contribution in [0.2, 0.25) is 0 Å². The van der Waals surface area contributed by atoms with E-state index in [1.54, 1.807) is 12.3 Å². The van der Waals surface area contributed by atoms with E-state index in [9.17, 15) is 5.11 Å². The number of aromatic nitrogens is 1. The Kier molecular flexibility index (Phi) is 3.10. The standard InChI is InChI=1S/C16H17NO3/c1-16(2)15(18)14(19-13-9-5-6-10-17-13)11-7-3-4-8-12(11)20-16/h3-10,14-15,18H,1-2H3/t14-,15+/m1/s1. The van der Waals surface area contributed by atoms with E-state index in [0.717, 1.165) is 11.3 Å². The van der Waals surface area contributed by atoms with Crippen molar-refractivity contribution in [3.8, 4) is 11.6 Å². The first kappa shape index (κ1) is 12.9. The van der Waals surface area contributed by atoms with Crippen LogP contribution in [0.1, 0.15) is 25.5 Å². The molecular weight excluding hydrogens is 254 g/mol. The zero-order chi connectivity index (χ0) is 14.2. The number of nitrogens with zero attached hydrogens (tertiary/aromatic N) is 1. The van der Waals surface area contributed by atoms with Crippen molar-refractivity contribution in [3.63, 3.8) is 0 Å². The van der Waals surface area contributed by atoms with E-state index in [4.69, 9.17) is 9.47 Å². The van der Waals surface area contributed by atoms with Crippen molar-refractivity contribution in [2.45, 2.75) is 31.7 Å². The topological polar surface area (TPSA) is 51.6 Å². The summed E-state index contributed by atoms with van der Waals surface area (Å²) in [7, 11) is 0. The fourth-order valence-corrected chi connectivity index (χ4v) is 2.36. The second kappa shape index (κ2) is 4.80. The molecule has 2 atom stereocenters. The molecule has 0 amide bonds. The SMILES string of the molecule is CC1(C)Oc2ccccc2[C@@H](Oc2ccccn2)[C@@H]1O. The third-order valence-corrected chi connectivity index (χ3v) is 3.48. The first-order valence-corrected chi connectivity index (χ1v) is 6.61. The van der Waals surface area contributed by atoms with Crippen molar-refractivity contribution in [1.82, 2.24) is 4.98 Å². The molecule has 0 radical (unpaired) electrons. The molecule has 104 valence electrons. The molecule has 1 aromatic carbocycles. The van der Waals surface area contributed by atoms with Crippen molar-refractivity contribution >= 4 is 0 Å². The molecular formula is C16H17NO3. The quantitative estimate of drug-likeness (QED) is 0.912. The number of aliphatic hydroxyl groups is 1. The lowest BCUT2D eigenvalue weighted by Gasteiger charge is -2.41. The largest absolute Gasteiger partial charge is 0.485 e. The molecule has 20 heavy (non-hydrogen) atoms. The lowest BCUT2D eigenvalue weighted by molar-refractivity contribution is -0.104. The van der Waals surface area contributed by atoms with Crippen molar-refractivity contribution < 1.29 is 14.6 Å². The predicted molar refractivity (Wildman–Crippen MR) is 74.8 cm³/mol. The van der Waals surface area contributed by atoms with Crippen LogP contribution in [0.5, 0.6) is 11.6 Å². The summed E-state index contributed by atoms with van der Waals surface area (Å²) in [6.45, 7) is 3.70. The molecule has 1 aliphatic heterocycles. The van der Waals surface area contributed by atoms with E-state index in [0.29, 0.717) is 5.88 Å². The van der Waals surface area contributed by atoms with Crippen LogP contribution in [0, 0.1) is 0 Å². The smallest absolute Gasteiger partial charge is 0.213 e. The van der Waals surface area contributed by atoms with Gasteiger partial charge >= 0.3 is 0 Å². The van der Waals surface area contributed by atoms with Crippen molar-refractivity contribution in [2.24, 2.45) is 0 Å². The molecule has 1 N–H and O–H groups in total. The molecule has 0 bridgehead atoms. The van der Waals surface area contributed by atoms with E-state index in [1.165, 1.54) is 0 Å². The highest BCUT2D eigenvalue weighted by atomic mass is 16.5. The Morgan fingerprint density at radius 3 is 2.65 bits per heavy atom. The van der Waals surface area contributed by atoms with Crippen LogP contribution in [0.25, 0.3) is 0 Å². The van der Waals surface area contributed by atoms with Crippen LogP contribution in [0.15, 0.2) is 48.7 Å². The maximum absolute atomic E-state index is 10.5. The van der Waals surface area contributed by atoms with E-state index in [1.807, 2.05) is 50.2 Å². The van der Waals surface area contributed by atoms with Crippen molar-refractivity contribution in [2.75, 3.05) is 0 Å². The second-order valence-electron chi connectivity index (χ2n) is 5.39. The summed E-state index contributed by atoms with van der Waals surface area (Å²) in [5.74, 6) is 1.23. The minimum absolute atomic E-state index is 0.490. The van der Waals surface area contributed by atoms with Crippen LogP contribution in [0.4, 0.5) is 0 Å². The Balaban J connectivity index is 1.99. The van der Waals surface area contributed by atoms with Gasteiger partial charge in [0.05, 0.1) is 0 Å². The number of para-hydroxylation sites is 1. The van der Waals surface area contributed by atoms with Gasteiger partial charge in [-0.2, -0.15) is 0 Å². The van der Waals surface area contributed by atoms with Gasteiger partial charge in [0.15, 0.2) is 6.10 Å². The van der Waals surface area contributed by atoms with E-state index >= 15 is 0 Å². The highest BCUT2D eigenvalue weighted by molar-refractivity contribution is 5.39. The third kappa shape index (κ3) is 2.23. The van der Waals surface area contributed by atoms with Gasteiger partial charge in [-0.15, -0.1) is 0 Å². The van der Waals surface area contributed by atoms with Gasteiger partial charge in [0.1, 0.15) is 17.5 Å². The summed E-state index contributed by atoms with van der Waals surface area (Å²) >= 11 is 0. The number of ether oxygens (including phenoxy) is 2. The van der Waals surface area contributed by atoms with Crippen LogP contribution < -0.4 is 9.47 Å². The summed E-state index contributed by atoms with van der Waals surface area (Å²) in [5.41, 5.74) is 0.123. The molecule has 2 aromatic rings. The summed E-state index contributed by atoms with van der Waals surface area (Å²) in [6.07, 6.45) is 0.391. The lowest BCUT2D eigenvalue weighted by Crippen LogP contribution is -2.50. The predicted octanol–water partition coefficient (Wildman–Crippen LogP) is 2.73. The Morgan fingerprint density at radius 2 is 1.90 bits per heavy atom.